The number of rotatable bonds is 7. The van der Waals surface area contributed by atoms with Crippen LogP contribution in [0.15, 0.2) is 0 Å². The average Bonchev–Trinajstić information content (AvgIpc) is 2.55. The van der Waals surface area contributed by atoms with Crippen LogP contribution in [0.2, 0.25) is 0 Å². The molecule has 0 amide bonds. The van der Waals surface area contributed by atoms with Crippen LogP contribution in [-0.4, -0.2) is 27.1 Å². The Kier molecular flexibility index (Phi) is 6.49. The van der Waals surface area contributed by atoms with Crippen LogP contribution < -0.4 is 5.84 Å². The van der Waals surface area contributed by atoms with Crippen LogP contribution >= 0.6 is 29.3 Å². The summed E-state index contributed by atoms with van der Waals surface area (Å²) in [5.74, 6) is 6.84. The highest BCUT2D eigenvalue weighted by Gasteiger charge is 2.24. The lowest BCUT2D eigenvalue weighted by molar-refractivity contribution is 0.186. The molecule has 0 aliphatic heterocycles. The molecule has 1 heterocycles. The maximum absolute atomic E-state index is 5.77. The Morgan fingerprint density at radius 1 is 1.37 bits per heavy atom. The quantitative estimate of drug-likeness (QED) is 0.448. The minimum atomic E-state index is -2.41. The van der Waals surface area contributed by atoms with Gasteiger partial charge < -0.3 is 14.9 Å². The minimum absolute atomic E-state index is 0.00998. The molecular formula is C9H19N4O2PS3. The first-order chi connectivity index (χ1) is 8.73. The summed E-state index contributed by atoms with van der Waals surface area (Å²) in [5.41, 5.74) is -2.41. The van der Waals surface area contributed by atoms with Gasteiger partial charge in [-0.05, 0) is 51.7 Å². The van der Waals surface area contributed by atoms with Crippen molar-refractivity contribution in [1.29, 1.82) is 0 Å². The van der Waals surface area contributed by atoms with Gasteiger partial charge in [0.2, 0.25) is 10.5 Å². The molecular weight excluding hydrogens is 323 g/mol. The summed E-state index contributed by atoms with van der Waals surface area (Å²) in [6.07, 6.45) is 0.0200. The highest BCUT2D eigenvalue weighted by atomic mass is 32.9. The van der Waals surface area contributed by atoms with Crippen LogP contribution in [0, 0.1) is 4.77 Å². The number of H-pyrrole nitrogens is 1. The summed E-state index contributed by atoms with van der Waals surface area (Å²) in [6, 6.07) is 0. The fourth-order valence-corrected chi connectivity index (χ4v) is 6.74. The number of aromatic nitrogens is 3. The topological polar surface area (TPSA) is 78.1 Å². The van der Waals surface area contributed by atoms with Gasteiger partial charge in [-0.1, -0.05) is 11.4 Å². The van der Waals surface area contributed by atoms with Crippen LogP contribution in [0.3, 0.4) is 0 Å². The van der Waals surface area contributed by atoms with Crippen molar-refractivity contribution in [3.8, 4) is 0 Å². The molecule has 0 bridgehead atoms. The SMILES string of the molecule is CC(C)OP(=S)(OC(C)C)SCc1n[nH]c(=S)n1N. The molecule has 0 unspecified atom stereocenters. The third kappa shape index (κ3) is 5.53. The summed E-state index contributed by atoms with van der Waals surface area (Å²) in [4.78, 5) is 0. The van der Waals surface area contributed by atoms with E-state index in [4.69, 9.17) is 38.9 Å². The van der Waals surface area contributed by atoms with Crippen molar-refractivity contribution in [3.63, 3.8) is 0 Å². The number of hydrogen-bond donors (Lipinski definition) is 2. The van der Waals surface area contributed by atoms with E-state index in [9.17, 15) is 0 Å². The highest BCUT2D eigenvalue weighted by molar-refractivity contribution is 8.67. The van der Waals surface area contributed by atoms with Gasteiger partial charge in [-0.2, -0.15) is 5.10 Å². The first-order valence-corrected chi connectivity index (χ1v) is 10.4. The number of nitrogens with zero attached hydrogens (tertiary/aromatic N) is 2. The predicted octanol–water partition coefficient (Wildman–Crippen LogP) is 2.96. The molecule has 0 aliphatic carbocycles. The van der Waals surface area contributed by atoms with Gasteiger partial charge in [-0.3, -0.25) is 5.10 Å². The van der Waals surface area contributed by atoms with E-state index in [0.29, 0.717) is 16.3 Å². The smallest absolute Gasteiger partial charge is 0.248 e. The summed E-state index contributed by atoms with van der Waals surface area (Å²) >= 11 is 11.9. The van der Waals surface area contributed by atoms with E-state index < -0.39 is 5.69 Å². The minimum Gasteiger partial charge on any atom is -0.335 e. The molecule has 1 rings (SSSR count). The Hall–Kier alpha value is 0.0800. The second-order valence-electron chi connectivity index (χ2n) is 4.34. The molecule has 19 heavy (non-hydrogen) atoms. The van der Waals surface area contributed by atoms with Crippen molar-refractivity contribution < 1.29 is 9.05 Å². The molecule has 0 atom stereocenters. The van der Waals surface area contributed by atoms with Crippen LogP contribution in [-0.2, 0) is 26.6 Å². The summed E-state index contributed by atoms with van der Waals surface area (Å²) in [7, 11) is 0. The molecule has 110 valence electrons. The Balaban J connectivity index is 2.75. The maximum Gasteiger partial charge on any atom is 0.248 e. The fourth-order valence-electron chi connectivity index (χ4n) is 1.18. The molecule has 0 spiro atoms. The van der Waals surface area contributed by atoms with Crippen LogP contribution in [0.25, 0.3) is 0 Å². The van der Waals surface area contributed by atoms with Gasteiger partial charge in [0.05, 0.1) is 18.0 Å². The Morgan fingerprint density at radius 2 is 1.89 bits per heavy atom. The standard InChI is InChI=1S/C9H19N4O2PS3/c1-6(2)14-16(18,15-7(3)4)19-5-8-11-12-9(17)13(8)10/h6-7H,5,10H2,1-4H3,(H,12,17). The fraction of sp³-hybridized carbons (Fsp3) is 0.778. The number of nitrogen functional groups attached to an aromatic ring is 1. The van der Waals surface area contributed by atoms with Crippen molar-refractivity contribution in [1.82, 2.24) is 14.9 Å². The third-order valence-corrected chi connectivity index (χ3v) is 7.48. The van der Waals surface area contributed by atoms with Gasteiger partial charge in [0.15, 0.2) is 5.82 Å². The van der Waals surface area contributed by atoms with E-state index in [2.05, 4.69) is 10.2 Å². The summed E-state index contributed by atoms with van der Waals surface area (Å²) in [5, 5.41) is 6.67. The van der Waals surface area contributed by atoms with E-state index in [1.807, 2.05) is 27.7 Å². The molecule has 0 aromatic carbocycles. The van der Waals surface area contributed by atoms with Gasteiger partial charge >= 0.3 is 0 Å². The maximum atomic E-state index is 5.77. The van der Waals surface area contributed by atoms with Crippen LogP contribution in [0.5, 0.6) is 0 Å². The largest absolute Gasteiger partial charge is 0.335 e. The lowest BCUT2D eigenvalue weighted by Crippen LogP contribution is -2.12. The zero-order valence-corrected chi connectivity index (χ0v) is 14.7. The number of nitrogens with two attached hydrogens (primary N) is 1. The van der Waals surface area contributed by atoms with Gasteiger partial charge in [0.25, 0.3) is 0 Å². The van der Waals surface area contributed by atoms with Gasteiger partial charge in [0.1, 0.15) is 0 Å². The Labute approximate surface area is 127 Å². The molecule has 0 radical (unpaired) electrons. The predicted molar refractivity (Wildman–Crippen MR) is 85.6 cm³/mol. The molecule has 6 nitrogen and oxygen atoms in total. The third-order valence-electron chi connectivity index (χ3n) is 1.81. The lowest BCUT2D eigenvalue weighted by Gasteiger charge is -2.25. The number of nitrogens with one attached hydrogen (secondary N) is 1. The van der Waals surface area contributed by atoms with Crippen molar-refractivity contribution in [2.45, 2.75) is 45.7 Å². The number of aromatic amines is 1. The zero-order valence-electron chi connectivity index (χ0n) is 11.3. The summed E-state index contributed by atoms with van der Waals surface area (Å²) < 4.78 is 13.2. The van der Waals surface area contributed by atoms with Crippen LogP contribution in [0.1, 0.15) is 33.5 Å². The van der Waals surface area contributed by atoms with Gasteiger partial charge in [-0.25, -0.2) is 4.68 Å². The molecule has 1 aromatic rings. The summed E-state index contributed by atoms with van der Waals surface area (Å²) in [6.45, 7) is 7.74. The monoisotopic (exact) mass is 342 g/mol. The molecule has 0 saturated heterocycles. The van der Waals surface area contributed by atoms with Gasteiger partial charge in [-0.15, -0.1) is 0 Å². The van der Waals surface area contributed by atoms with E-state index in [1.54, 1.807) is 0 Å². The van der Waals surface area contributed by atoms with Crippen molar-refractivity contribution in [3.05, 3.63) is 10.6 Å². The van der Waals surface area contributed by atoms with Crippen molar-refractivity contribution >= 4 is 41.1 Å². The zero-order chi connectivity index (χ0) is 14.6. The first kappa shape index (κ1) is 17.1. The lowest BCUT2D eigenvalue weighted by atomic mass is 10.5. The van der Waals surface area contributed by atoms with Crippen LogP contribution in [0.4, 0.5) is 0 Å². The normalized spacial score (nSPS) is 12.5. The van der Waals surface area contributed by atoms with Crippen molar-refractivity contribution in [2.24, 2.45) is 0 Å². The van der Waals surface area contributed by atoms with E-state index in [1.165, 1.54) is 16.1 Å². The highest BCUT2D eigenvalue weighted by Crippen LogP contribution is 2.63. The second-order valence-corrected chi connectivity index (χ2v) is 10.9. The molecule has 1 aromatic heterocycles. The Morgan fingerprint density at radius 3 is 2.26 bits per heavy atom. The molecule has 3 N–H and O–H groups in total. The molecule has 10 heteroatoms. The Bertz CT molecular complexity index is 500. The van der Waals surface area contributed by atoms with Crippen molar-refractivity contribution in [2.75, 3.05) is 5.84 Å². The van der Waals surface area contributed by atoms with Gasteiger partial charge in [0, 0.05) is 0 Å². The molecule has 0 fully saturated rings. The van der Waals surface area contributed by atoms with E-state index >= 15 is 0 Å². The first-order valence-electron chi connectivity index (χ1n) is 5.76. The molecule has 0 aliphatic rings. The second kappa shape index (κ2) is 7.19. The van der Waals surface area contributed by atoms with E-state index in [-0.39, 0.29) is 12.2 Å². The van der Waals surface area contributed by atoms with E-state index in [0.717, 1.165) is 0 Å². The molecule has 0 saturated carbocycles. The average molecular weight is 342 g/mol. The number of hydrogen-bond acceptors (Lipinski definition) is 7.